The SMILES string of the molecule is CCNC(=O)Nc1ccc([C@@H]2O[C@H](CN(C)[C@H](C)c3ccc4ccccc4c3)[C@H](C)[C@H](c3ccc(CO)cc3)O2)cc1. The first-order chi connectivity index (χ1) is 20.4. The van der Waals surface area contributed by atoms with E-state index in [1.165, 1.54) is 16.3 Å². The number of urea groups is 1. The summed E-state index contributed by atoms with van der Waals surface area (Å²) in [6, 6.07) is 30.6. The molecule has 2 amide bonds. The molecule has 0 unspecified atom stereocenters. The van der Waals surface area contributed by atoms with E-state index in [1.54, 1.807) is 0 Å². The number of anilines is 1. The van der Waals surface area contributed by atoms with Crippen LogP contribution in [0.25, 0.3) is 10.8 Å². The maximum atomic E-state index is 12.0. The Balaban J connectivity index is 1.37. The Morgan fingerprint density at radius 2 is 1.62 bits per heavy atom. The molecule has 0 bridgehead atoms. The third kappa shape index (κ3) is 6.82. The van der Waals surface area contributed by atoms with Crippen molar-refractivity contribution in [3.8, 4) is 0 Å². The third-order valence-electron chi connectivity index (χ3n) is 8.29. The van der Waals surface area contributed by atoms with E-state index >= 15 is 0 Å². The van der Waals surface area contributed by atoms with Crippen LogP contribution in [0.2, 0.25) is 0 Å². The third-order valence-corrected chi connectivity index (χ3v) is 8.29. The molecule has 42 heavy (non-hydrogen) atoms. The fraction of sp³-hybridized carbons (Fsp3) is 0.343. The Labute approximate surface area is 248 Å². The number of hydrogen-bond donors (Lipinski definition) is 3. The van der Waals surface area contributed by atoms with Crippen molar-refractivity contribution in [3.05, 3.63) is 113 Å². The molecular formula is C35H41N3O4. The normalized spacial score (nSPS) is 21.3. The summed E-state index contributed by atoms with van der Waals surface area (Å²) in [6.45, 7) is 7.57. The van der Waals surface area contributed by atoms with Crippen LogP contribution < -0.4 is 10.6 Å². The topological polar surface area (TPSA) is 83.1 Å². The van der Waals surface area contributed by atoms with Crippen LogP contribution in [0.1, 0.15) is 61.5 Å². The van der Waals surface area contributed by atoms with Crippen molar-refractivity contribution in [2.24, 2.45) is 5.92 Å². The van der Waals surface area contributed by atoms with Gasteiger partial charge in [0.15, 0.2) is 6.29 Å². The fourth-order valence-electron chi connectivity index (χ4n) is 5.55. The number of nitrogens with zero attached hydrogens (tertiary/aromatic N) is 1. The molecule has 1 aliphatic heterocycles. The number of rotatable bonds is 9. The van der Waals surface area contributed by atoms with Gasteiger partial charge in [0.05, 0.1) is 18.8 Å². The van der Waals surface area contributed by atoms with E-state index in [-0.39, 0.29) is 36.8 Å². The van der Waals surface area contributed by atoms with Gasteiger partial charge >= 0.3 is 6.03 Å². The number of aliphatic hydroxyl groups excluding tert-OH is 1. The molecule has 4 aromatic rings. The van der Waals surface area contributed by atoms with Gasteiger partial charge in [0, 0.05) is 36.3 Å². The zero-order chi connectivity index (χ0) is 29.6. The summed E-state index contributed by atoms with van der Waals surface area (Å²) in [5, 5.41) is 17.6. The molecule has 0 saturated carbocycles. The van der Waals surface area contributed by atoms with Gasteiger partial charge < -0.3 is 25.2 Å². The second kappa shape index (κ2) is 13.5. The van der Waals surface area contributed by atoms with Gasteiger partial charge in [-0.05, 0) is 66.6 Å². The lowest BCUT2D eigenvalue weighted by Crippen LogP contribution is -2.44. The zero-order valence-corrected chi connectivity index (χ0v) is 24.8. The first-order valence-corrected chi connectivity index (χ1v) is 14.7. The number of amides is 2. The van der Waals surface area contributed by atoms with Crippen molar-refractivity contribution in [2.75, 3.05) is 25.5 Å². The molecule has 0 aliphatic carbocycles. The number of hydrogen-bond acceptors (Lipinski definition) is 5. The number of benzene rings is 4. The summed E-state index contributed by atoms with van der Waals surface area (Å²) in [7, 11) is 2.15. The Kier molecular flexibility index (Phi) is 9.55. The Bertz CT molecular complexity index is 1470. The monoisotopic (exact) mass is 567 g/mol. The van der Waals surface area contributed by atoms with E-state index < -0.39 is 6.29 Å². The highest BCUT2D eigenvalue weighted by molar-refractivity contribution is 5.89. The van der Waals surface area contributed by atoms with Crippen LogP contribution in [-0.2, 0) is 16.1 Å². The molecule has 220 valence electrons. The predicted octanol–water partition coefficient (Wildman–Crippen LogP) is 6.96. The van der Waals surface area contributed by atoms with Crippen LogP contribution in [0, 0.1) is 5.92 Å². The standard InChI is InChI=1S/C35H41N3O4/c1-5-36-35(40)37-31-18-16-28(17-19-31)34-41-32(23(2)33(42-34)27-12-10-25(22-39)11-13-27)21-38(4)24(3)29-15-14-26-8-6-7-9-30(26)20-29/h6-20,23-24,32-34,39H,5,21-22H2,1-4H3,(H2,36,37,40)/t23-,24+,32+,33+,34+/m0/s1. The van der Waals surface area contributed by atoms with E-state index in [0.717, 1.165) is 23.2 Å². The van der Waals surface area contributed by atoms with Gasteiger partial charge in [0.25, 0.3) is 0 Å². The summed E-state index contributed by atoms with van der Waals surface area (Å²) >= 11 is 0. The molecule has 3 N–H and O–H groups in total. The lowest BCUT2D eigenvalue weighted by Gasteiger charge is -2.43. The fourth-order valence-corrected chi connectivity index (χ4v) is 5.55. The van der Waals surface area contributed by atoms with Crippen molar-refractivity contribution in [3.63, 3.8) is 0 Å². The van der Waals surface area contributed by atoms with Crippen LogP contribution in [0.5, 0.6) is 0 Å². The summed E-state index contributed by atoms with van der Waals surface area (Å²) in [4.78, 5) is 14.3. The molecule has 5 rings (SSSR count). The first kappa shape index (κ1) is 29.7. The molecule has 0 aromatic heterocycles. The lowest BCUT2D eigenvalue weighted by molar-refractivity contribution is -0.276. The highest BCUT2D eigenvalue weighted by Crippen LogP contribution is 2.42. The van der Waals surface area contributed by atoms with Gasteiger partial charge in [-0.15, -0.1) is 0 Å². The minimum absolute atomic E-state index is 0.00381. The number of likely N-dealkylation sites (N-methyl/N-ethyl adjacent to an activating group) is 1. The molecule has 1 fully saturated rings. The molecule has 7 heteroatoms. The van der Waals surface area contributed by atoms with Crippen molar-refractivity contribution >= 4 is 22.5 Å². The van der Waals surface area contributed by atoms with Crippen LogP contribution in [0.4, 0.5) is 10.5 Å². The second-order valence-electron chi connectivity index (χ2n) is 11.2. The largest absolute Gasteiger partial charge is 0.392 e. The van der Waals surface area contributed by atoms with E-state index in [4.69, 9.17) is 9.47 Å². The quantitative estimate of drug-likeness (QED) is 0.204. The van der Waals surface area contributed by atoms with Crippen LogP contribution in [-0.4, -0.2) is 42.3 Å². The Hall–Kier alpha value is -3.75. The minimum atomic E-state index is -0.573. The van der Waals surface area contributed by atoms with Crippen molar-refractivity contribution < 1.29 is 19.4 Å². The smallest absolute Gasteiger partial charge is 0.319 e. The Morgan fingerprint density at radius 1 is 0.929 bits per heavy atom. The number of aliphatic hydroxyl groups is 1. The maximum absolute atomic E-state index is 12.0. The van der Waals surface area contributed by atoms with E-state index in [0.29, 0.717) is 12.2 Å². The van der Waals surface area contributed by atoms with E-state index in [9.17, 15) is 9.90 Å². The lowest BCUT2D eigenvalue weighted by atomic mass is 9.89. The molecule has 0 spiro atoms. The number of fused-ring (bicyclic) bond motifs is 1. The zero-order valence-electron chi connectivity index (χ0n) is 24.8. The highest BCUT2D eigenvalue weighted by atomic mass is 16.7. The van der Waals surface area contributed by atoms with E-state index in [2.05, 4.69) is 78.9 Å². The number of nitrogens with one attached hydrogen (secondary N) is 2. The second-order valence-corrected chi connectivity index (χ2v) is 11.2. The molecular weight excluding hydrogens is 526 g/mol. The van der Waals surface area contributed by atoms with Crippen molar-refractivity contribution in [1.82, 2.24) is 10.2 Å². The van der Waals surface area contributed by atoms with Crippen LogP contribution >= 0.6 is 0 Å². The molecule has 7 nitrogen and oxygen atoms in total. The number of carbonyl (C=O) groups excluding carboxylic acids is 1. The first-order valence-electron chi connectivity index (χ1n) is 14.7. The van der Waals surface area contributed by atoms with Gasteiger partial charge in [0.2, 0.25) is 0 Å². The summed E-state index contributed by atoms with van der Waals surface area (Å²) in [5.74, 6) is 0.0751. The molecule has 4 aromatic carbocycles. The molecule has 1 heterocycles. The minimum Gasteiger partial charge on any atom is -0.392 e. The highest BCUT2D eigenvalue weighted by Gasteiger charge is 2.39. The number of carbonyl (C=O) groups is 1. The summed E-state index contributed by atoms with van der Waals surface area (Å²) in [6.07, 6.45) is -0.872. The molecule has 1 saturated heterocycles. The van der Waals surface area contributed by atoms with Crippen LogP contribution in [0.3, 0.4) is 0 Å². The molecule has 0 radical (unpaired) electrons. The summed E-state index contributed by atoms with van der Waals surface area (Å²) < 4.78 is 13.3. The van der Waals surface area contributed by atoms with Gasteiger partial charge in [-0.2, -0.15) is 0 Å². The van der Waals surface area contributed by atoms with Gasteiger partial charge in [0.1, 0.15) is 0 Å². The van der Waals surface area contributed by atoms with Crippen LogP contribution in [0.15, 0.2) is 91.0 Å². The predicted molar refractivity (Wildman–Crippen MR) is 167 cm³/mol. The van der Waals surface area contributed by atoms with Gasteiger partial charge in [-0.1, -0.05) is 79.7 Å². The molecule has 1 aliphatic rings. The van der Waals surface area contributed by atoms with Gasteiger partial charge in [-0.3, -0.25) is 4.90 Å². The maximum Gasteiger partial charge on any atom is 0.319 e. The Morgan fingerprint density at radius 3 is 2.31 bits per heavy atom. The average molecular weight is 568 g/mol. The number of ether oxygens (including phenoxy) is 2. The molecule has 5 atom stereocenters. The van der Waals surface area contributed by atoms with Crippen molar-refractivity contribution in [2.45, 2.75) is 51.9 Å². The van der Waals surface area contributed by atoms with Crippen molar-refractivity contribution in [1.29, 1.82) is 0 Å². The van der Waals surface area contributed by atoms with E-state index in [1.807, 2.05) is 55.5 Å². The summed E-state index contributed by atoms with van der Waals surface area (Å²) in [5.41, 5.74) is 4.77. The average Bonchev–Trinajstić information content (AvgIpc) is 3.02. The van der Waals surface area contributed by atoms with Gasteiger partial charge in [-0.25, -0.2) is 4.79 Å².